The highest BCUT2D eigenvalue weighted by atomic mass is 35.5. The summed E-state index contributed by atoms with van der Waals surface area (Å²) in [6.07, 6.45) is 5.56. The van der Waals surface area contributed by atoms with Gasteiger partial charge in [0.25, 0.3) is 5.91 Å². The van der Waals surface area contributed by atoms with Gasteiger partial charge in [0.2, 0.25) is 0 Å². The number of halogens is 1. The lowest BCUT2D eigenvalue weighted by molar-refractivity contribution is -0.121. The summed E-state index contributed by atoms with van der Waals surface area (Å²) in [4.78, 5) is 31.4. The zero-order valence-corrected chi connectivity index (χ0v) is 19.2. The van der Waals surface area contributed by atoms with Crippen LogP contribution in [-0.2, 0) is 16.6 Å². The molecule has 0 aliphatic rings. The minimum Gasteiger partial charge on any atom is -0.451 e. The zero-order chi connectivity index (χ0) is 22.2. The number of aromatic nitrogens is 3. The molecule has 0 aliphatic heterocycles. The number of thiazole rings is 1. The van der Waals surface area contributed by atoms with Crippen LogP contribution in [0.25, 0.3) is 11.3 Å². The Labute approximate surface area is 190 Å². The molecule has 0 radical (unpaired) electrons. The number of hydrogen-bond acceptors (Lipinski definition) is 6. The summed E-state index contributed by atoms with van der Waals surface area (Å²) in [7, 11) is 1.65. The molecule has 1 amide bonds. The number of rotatable bonds is 10. The quantitative estimate of drug-likeness (QED) is 0.315. The predicted octanol–water partition coefficient (Wildman–Crippen LogP) is 4.97. The summed E-state index contributed by atoms with van der Waals surface area (Å²) in [6.45, 7) is 2.25. The average Bonchev–Trinajstić information content (AvgIpc) is 3.39. The topological polar surface area (TPSA) is 77.3 Å². The zero-order valence-electron chi connectivity index (χ0n) is 17.6. The molecule has 3 aromatic rings. The van der Waals surface area contributed by atoms with E-state index in [-0.39, 0.29) is 16.6 Å². The normalized spacial score (nSPS) is 10.8. The molecule has 0 spiro atoms. The summed E-state index contributed by atoms with van der Waals surface area (Å²) >= 11 is 7.38. The van der Waals surface area contributed by atoms with Gasteiger partial charge in [-0.2, -0.15) is 5.10 Å². The van der Waals surface area contributed by atoms with Crippen LogP contribution in [0.4, 0.5) is 5.13 Å². The Balaban J connectivity index is 1.70. The van der Waals surface area contributed by atoms with Crippen LogP contribution in [-0.4, -0.2) is 39.8 Å². The molecule has 2 aromatic heterocycles. The molecule has 0 unspecified atom stereocenters. The third kappa shape index (κ3) is 6.15. The van der Waals surface area contributed by atoms with Crippen LogP contribution < -0.4 is 4.90 Å². The average molecular weight is 461 g/mol. The van der Waals surface area contributed by atoms with Crippen molar-refractivity contribution < 1.29 is 14.3 Å². The maximum atomic E-state index is 12.9. The van der Waals surface area contributed by atoms with E-state index in [1.165, 1.54) is 22.2 Å². The SMILES string of the molecule is CCCCCCN(C(=O)COC(=O)c1nn(C)cc1Cl)c1nc(-c2ccccc2)cs1. The number of benzene rings is 1. The molecule has 164 valence electrons. The van der Waals surface area contributed by atoms with E-state index in [0.29, 0.717) is 11.7 Å². The second kappa shape index (κ2) is 11.1. The smallest absolute Gasteiger partial charge is 0.360 e. The fraction of sp³-hybridized carbons (Fsp3) is 0.364. The Kier molecular flexibility index (Phi) is 8.20. The van der Waals surface area contributed by atoms with E-state index in [0.717, 1.165) is 36.9 Å². The number of ether oxygens (including phenoxy) is 1. The van der Waals surface area contributed by atoms with E-state index in [4.69, 9.17) is 16.3 Å². The van der Waals surface area contributed by atoms with Crippen molar-refractivity contribution >= 4 is 39.9 Å². The number of nitrogens with zero attached hydrogens (tertiary/aromatic N) is 4. The van der Waals surface area contributed by atoms with Gasteiger partial charge in [0.05, 0.1) is 10.7 Å². The lowest BCUT2D eigenvalue weighted by Gasteiger charge is -2.19. The molecule has 0 saturated carbocycles. The van der Waals surface area contributed by atoms with E-state index < -0.39 is 12.6 Å². The van der Waals surface area contributed by atoms with E-state index in [2.05, 4.69) is 17.0 Å². The highest BCUT2D eigenvalue weighted by Crippen LogP contribution is 2.28. The number of hydrogen-bond donors (Lipinski definition) is 0. The number of esters is 1. The van der Waals surface area contributed by atoms with Gasteiger partial charge in [0.15, 0.2) is 17.4 Å². The van der Waals surface area contributed by atoms with Crippen LogP contribution in [0.2, 0.25) is 5.02 Å². The van der Waals surface area contributed by atoms with Crippen molar-refractivity contribution in [1.29, 1.82) is 0 Å². The maximum Gasteiger partial charge on any atom is 0.360 e. The third-order valence-electron chi connectivity index (χ3n) is 4.63. The first kappa shape index (κ1) is 23.0. The number of carbonyl (C=O) groups is 2. The highest BCUT2D eigenvalue weighted by molar-refractivity contribution is 7.14. The molecule has 0 aliphatic carbocycles. The largest absolute Gasteiger partial charge is 0.451 e. The monoisotopic (exact) mass is 460 g/mol. The molecule has 0 atom stereocenters. The van der Waals surface area contributed by atoms with E-state index >= 15 is 0 Å². The van der Waals surface area contributed by atoms with Crippen LogP contribution in [0.5, 0.6) is 0 Å². The van der Waals surface area contributed by atoms with Gasteiger partial charge in [-0.25, -0.2) is 9.78 Å². The molecular formula is C22H25ClN4O3S. The first-order chi connectivity index (χ1) is 15.0. The molecule has 7 nitrogen and oxygen atoms in total. The molecule has 0 fully saturated rings. The van der Waals surface area contributed by atoms with Gasteiger partial charge in [-0.3, -0.25) is 14.4 Å². The first-order valence-corrected chi connectivity index (χ1v) is 11.4. The van der Waals surface area contributed by atoms with Gasteiger partial charge in [0.1, 0.15) is 0 Å². The first-order valence-electron chi connectivity index (χ1n) is 10.2. The van der Waals surface area contributed by atoms with Crippen LogP contribution in [0.15, 0.2) is 41.9 Å². The number of aryl methyl sites for hydroxylation is 1. The lowest BCUT2D eigenvalue weighted by atomic mass is 10.2. The fourth-order valence-corrected chi connectivity index (χ4v) is 4.16. The Morgan fingerprint density at radius 3 is 2.65 bits per heavy atom. The second-order valence-corrected chi connectivity index (χ2v) is 8.31. The van der Waals surface area contributed by atoms with Crippen molar-refractivity contribution in [3.8, 4) is 11.3 Å². The van der Waals surface area contributed by atoms with Gasteiger partial charge in [-0.05, 0) is 6.42 Å². The van der Waals surface area contributed by atoms with Crippen LogP contribution in [0.3, 0.4) is 0 Å². The Morgan fingerprint density at radius 1 is 1.19 bits per heavy atom. The maximum absolute atomic E-state index is 12.9. The Bertz CT molecular complexity index is 1020. The summed E-state index contributed by atoms with van der Waals surface area (Å²) in [5.74, 6) is -1.06. The van der Waals surface area contributed by atoms with Crippen molar-refractivity contribution in [1.82, 2.24) is 14.8 Å². The summed E-state index contributed by atoms with van der Waals surface area (Å²) in [6, 6.07) is 9.80. The Morgan fingerprint density at radius 2 is 1.97 bits per heavy atom. The molecule has 2 heterocycles. The summed E-state index contributed by atoms with van der Waals surface area (Å²) < 4.78 is 6.61. The standard InChI is InChI=1S/C22H25ClN4O3S/c1-3-4-5-9-12-27(22-24-18(15-31-22)16-10-7-6-8-11-16)19(28)14-30-21(29)20-17(23)13-26(2)25-20/h6-8,10-11,13,15H,3-5,9,12,14H2,1-2H3. The third-order valence-corrected chi connectivity index (χ3v) is 5.77. The second-order valence-electron chi connectivity index (χ2n) is 7.06. The van der Waals surface area contributed by atoms with Gasteiger partial charge < -0.3 is 4.74 Å². The van der Waals surface area contributed by atoms with Gasteiger partial charge in [-0.1, -0.05) is 68.1 Å². The van der Waals surface area contributed by atoms with E-state index in [9.17, 15) is 9.59 Å². The summed E-state index contributed by atoms with van der Waals surface area (Å²) in [5.41, 5.74) is 1.79. The lowest BCUT2D eigenvalue weighted by Crippen LogP contribution is -2.35. The minimum atomic E-state index is -0.728. The van der Waals surface area contributed by atoms with Gasteiger partial charge in [0, 0.05) is 30.7 Å². The van der Waals surface area contributed by atoms with Crippen LogP contribution >= 0.6 is 22.9 Å². The minimum absolute atomic E-state index is 0.00734. The molecule has 1 aromatic carbocycles. The molecule has 9 heteroatoms. The van der Waals surface area contributed by atoms with Gasteiger partial charge in [-0.15, -0.1) is 11.3 Å². The summed E-state index contributed by atoms with van der Waals surface area (Å²) in [5, 5.41) is 6.67. The van der Waals surface area contributed by atoms with Crippen molar-refractivity contribution in [3.63, 3.8) is 0 Å². The van der Waals surface area contributed by atoms with Crippen molar-refractivity contribution in [2.75, 3.05) is 18.1 Å². The predicted molar refractivity (Wildman–Crippen MR) is 123 cm³/mol. The molecule has 0 bridgehead atoms. The molecule has 0 saturated heterocycles. The van der Waals surface area contributed by atoms with Crippen molar-refractivity contribution in [2.45, 2.75) is 32.6 Å². The van der Waals surface area contributed by atoms with E-state index in [1.807, 2.05) is 35.7 Å². The van der Waals surface area contributed by atoms with Crippen molar-refractivity contribution in [3.05, 3.63) is 52.6 Å². The van der Waals surface area contributed by atoms with E-state index in [1.54, 1.807) is 11.9 Å². The number of unbranched alkanes of at least 4 members (excludes halogenated alkanes) is 3. The molecular weight excluding hydrogens is 436 g/mol. The number of carbonyl (C=O) groups excluding carboxylic acids is 2. The number of anilines is 1. The van der Waals surface area contributed by atoms with Gasteiger partial charge >= 0.3 is 5.97 Å². The van der Waals surface area contributed by atoms with Crippen LogP contribution in [0, 0.1) is 0 Å². The fourth-order valence-electron chi connectivity index (χ4n) is 3.02. The van der Waals surface area contributed by atoms with Crippen molar-refractivity contribution in [2.24, 2.45) is 7.05 Å². The molecule has 3 rings (SSSR count). The molecule has 0 N–H and O–H groups in total. The number of amides is 1. The van der Waals surface area contributed by atoms with Crippen LogP contribution in [0.1, 0.15) is 43.1 Å². The molecule has 31 heavy (non-hydrogen) atoms. The highest BCUT2D eigenvalue weighted by Gasteiger charge is 2.23. The Hall–Kier alpha value is -2.71.